The van der Waals surface area contributed by atoms with Gasteiger partial charge in [0.15, 0.2) is 11.6 Å². The maximum atomic E-state index is 13.4. The Morgan fingerprint density at radius 1 is 1.22 bits per heavy atom. The van der Waals surface area contributed by atoms with Crippen molar-refractivity contribution >= 4 is 17.2 Å². The smallest absolute Gasteiger partial charge is 0.268 e. The van der Waals surface area contributed by atoms with E-state index in [2.05, 4.69) is 15.3 Å². The minimum atomic E-state index is -1.00. The van der Waals surface area contributed by atoms with Gasteiger partial charge in [0.25, 0.3) is 5.91 Å². The number of nitrogens with zero attached hydrogens (tertiary/aromatic N) is 1. The van der Waals surface area contributed by atoms with Crippen LogP contribution in [0.5, 0.6) is 5.88 Å². The summed E-state index contributed by atoms with van der Waals surface area (Å²) < 4.78 is 26.4. The highest BCUT2D eigenvalue weighted by molar-refractivity contribution is 7.12. The van der Waals surface area contributed by atoms with Crippen LogP contribution in [0.25, 0.3) is 11.3 Å². The number of rotatable bonds is 6. The molecular weight excluding hydrogens is 380 g/mol. The molecule has 0 aliphatic carbocycles. The van der Waals surface area contributed by atoms with Crippen LogP contribution >= 0.6 is 11.3 Å². The molecule has 0 bridgehead atoms. The minimum absolute atomic E-state index is 0.136. The molecule has 1 amide bonds. The summed E-state index contributed by atoms with van der Waals surface area (Å²) in [5.74, 6) is -2.89. The topological polar surface area (TPSA) is 118 Å². The standard InChI is InChI=1S/C17H15F2N3O4S/c18-9-2-1-8(5-10(9)19)11-3-4-12(20-11)15(25)21-13(6-23)17-22-16(26)14(7-24)27-17/h1-5,13,20,23-24,26H,6-7H2,(H,21,25). The number of halogens is 2. The predicted molar refractivity (Wildman–Crippen MR) is 93.1 cm³/mol. The van der Waals surface area contributed by atoms with Crippen LogP contribution in [0.15, 0.2) is 30.3 Å². The van der Waals surface area contributed by atoms with E-state index in [-0.39, 0.29) is 21.5 Å². The quantitative estimate of drug-likeness (QED) is 0.438. The van der Waals surface area contributed by atoms with Gasteiger partial charge in [-0.15, -0.1) is 11.3 Å². The number of carbonyl (C=O) groups excluding carboxylic acids is 1. The van der Waals surface area contributed by atoms with Crippen molar-refractivity contribution in [3.8, 4) is 17.1 Å². The van der Waals surface area contributed by atoms with Crippen LogP contribution in [0.3, 0.4) is 0 Å². The molecule has 5 N–H and O–H groups in total. The lowest BCUT2D eigenvalue weighted by Gasteiger charge is -2.12. The number of H-pyrrole nitrogens is 1. The average Bonchev–Trinajstić information content (AvgIpc) is 3.28. The molecule has 2 aromatic heterocycles. The van der Waals surface area contributed by atoms with Gasteiger partial charge in [0.2, 0.25) is 5.88 Å². The van der Waals surface area contributed by atoms with Crippen molar-refractivity contribution in [2.45, 2.75) is 12.6 Å². The molecule has 0 aliphatic rings. The van der Waals surface area contributed by atoms with E-state index < -0.39 is 36.8 Å². The molecule has 0 radical (unpaired) electrons. The molecule has 1 unspecified atom stereocenters. The van der Waals surface area contributed by atoms with Crippen LogP contribution < -0.4 is 5.32 Å². The van der Waals surface area contributed by atoms with Crippen molar-refractivity contribution in [1.82, 2.24) is 15.3 Å². The Kier molecular flexibility index (Phi) is 5.49. The number of aliphatic hydroxyl groups is 2. The van der Waals surface area contributed by atoms with Crippen molar-refractivity contribution in [2.24, 2.45) is 0 Å². The largest absolute Gasteiger partial charge is 0.492 e. The van der Waals surface area contributed by atoms with E-state index in [9.17, 15) is 23.8 Å². The van der Waals surface area contributed by atoms with Crippen molar-refractivity contribution in [3.63, 3.8) is 0 Å². The van der Waals surface area contributed by atoms with Gasteiger partial charge in [-0.3, -0.25) is 4.79 Å². The maximum absolute atomic E-state index is 13.4. The Morgan fingerprint density at radius 3 is 2.63 bits per heavy atom. The fraction of sp³-hybridized carbons (Fsp3) is 0.176. The summed E-state index contributed by atoms with van der Waals surface area (Å²) in [4.78, 5) is 19.2. The summed E-state index contributed by atoms with van der Waals surface area (Å²) in [6, 6.07) is 5.48. The molecule has 0 saturated heterocycles. The van der Waals surface area contributed by atoms with Crippen LogP contribution in [0.4, 0.5) is 8.78 Å². The van der Waals surface area contributed by atoms with E-state index in [0.29, 0.717) is 11.3 Å². The number of aliphatic hydroxyl groups excluding tert-OH is 2. The fourth-order valence-corrected chi connectivity index (χ4v) is 3.26. The molecule has 142 valence electrons. The zero-order valence-corrected chi connectivity index (χ0v) is 14.6. The van der Waals surface area contributed by atoms with E-state index in [0.717, 1.165) is 23.5 Å². The number of aromatic nitrogens is 2. The first-order chi connectivity index (χ1) is 12.9. The molecule has 3 aromatic rings. The summed E-state index contributed by atoms with van der Waals surface area (Å²) in [5.41, 5.74) is 0.912. The molecule has 0 aliphatic heterocycles. The molecule has 1 aromatic carbocycles. The van der Waals surface area contributed by atoms with Crippen LogP contribution in [-0.4, -0.2) is 37.8 Å². The zero-order valence-electron chi connectivity index (χ0n) is 13.7. The lowest BCUT2D eigenvalue weighted by atomic mass is 10.1. The number of thiazole rings is 1. The maximum Gasteiger partial charge on any atom is 0.268 e. The fourth-order valence-electron chi connectivity index (χ4n) is 2.39. The molecular formula is C17H15F2N3O4S. The average molecular weight is 395 g/mol. The van der Waals surface area contributed by atoms with E-state index in [1.165, 1.54) is 18.2 Å². The molecule has 1 atom stereocenters. The Morgan fingerprint density at radius 2 is 2.00 bits per heavy atom. The van der Waals surface area contributed by atoms with E-state index in [1.807, 2.05) is 0 Å². The number of carbonyl (C=O) groups is 1. The van der Waals surface area contributed by atoms with E-state index in [1.54, 1.807) is 0 Å². The van der Waals surface area contributed by atoms with Crippen molar-refractivity contribution in [3.05, 3.63) is 57.5 Å². The summed E-state index contributed by atoms with van der Waals surface area (Å²) >= 11 is 0.961. The second-order valence-corrected chi connectivity index (χ2v) is 6.70. The number of aromatic amines is 1. The molecule has 2 heterocycles. The first-order valence-corrected chi connectivity index (χ1v) is 8.60. The number of aromatic hydroxyl groups is 1. The molecule has 7 nitrogen and oxygen atoms in total. The first-order valence-electron chi connectivity index (χ1n) is 7.78. The zero-order chi connectivity index (χ0) is 19.6. The van der Waals surface area contributed by atoms with Crippen LogP contribution in [-0.2, 0) is 6.61 Å². The predicted octanol–water partition coefficient (Wildman–Crippen LogP) is 2.08. The second kappa shape index (κ2) is 7.82. The van der Waals surface area contributed by atoms with E-state index in [4.69, 9.17) is 5.11 Å². The Hall–Kier alpha value is -2.82. The van der Waals surface area contributed by atoms with Crippen molar-refractivity contribution in [1.29, 1.82) is 0 Å². The highest BCUT2D eigenvalue weighted by atomic mass is 32.1. The summed E-state index contributed by atoms with van der Waals surface area (Å²) in [5, 5.41) is 31.0. The number of nitrogens with one attached hydrogen (secondary N) is 2. The SMILES string of the molecule is O=C(NC(CO)c1nc(O)c(CO)s1)c1ccc(-c2ccc(F)c(F)c2)[nH]1. The second-order valence-electron chi connectivity index (χ2n) is 5.58. The number of hydrogen-bond donors (Lipinski definition) is 5. The van der Waals surface area contributed by atoms with E-state index >= 15 is 0 Å². The van der Waals surface area contributed by atoms with Gasteiger partial charge in [0, 0.05) is 11.3 Å². The Bertz CT molecular complexity index is 973. The van der Waals surface area contributed by atoms with Gasteiger partial charge in [-0.2, -0.15) is 0 Å². The van der Waals surface area contributed by atoms with Gasteiger partial charge in [-0.1, -0.05) is 0 Å². The summed E-state index contributed by atoms with van der Waals surface area (Å²) in [6.07, 6.45) is 0. The van der Waals surface area contributed by atoms with Gasteiger partial charge in [-0.05, 0) is 30.3 Å². The highest BCUT2D eigenvalue weighted by Gasteiger charge is 2.21. The Balaban J connectivity index is 1.77. The number of hydrogen-bond acceptors (Lipinski definition) is 6. The minimum Gasteiger partial charge on any atom is -0.492 e. The Labute approximate surface area is 155 Å². The van der Waals surface area contributed by atoms with Gasteiger partial charge in [0.1, 0.15) is 16.7 Å². The lowest BCUT2D eigenvalue weighted by Crippen LogP contribution is -2.30. The third-order valence-electron chi connectivity index (χ3n) is 3.78. The third-order valence-corrected chi connectivity index (χ3v) is 4.93. The molecule has 10 heteroatoms. The monoisotopic (exact) mass is 395 g/mol. The normalized spacial score (nSPS) is 12.1. The van der Waals surface area contributed by atoms with Gasteiger partial charge < -0.3 is 25.6 Å². The first kappa shape index (κ1) is 19.0. The van der Waals surface area contributed by atoms with Crippen LogP contribution in [0.2, 0.25) is 0 Å². The van der Waals surface area contributed by atoms with Gasteiger partial charge in [0.05, 0.1) is 18.1 Å². The summed E-state index contributed by atoms with van der Waals surface area (Å²) in [6.45, 7) is -0.885. The highest BCUT2D eigenvalue weighted by Crippen LogP contribution is 2.28. The number of amides is 1. The molecule has 0 spiro atoms. The lowest BCUT2D eigenvalue weighted by molar-refractivity contribution is 0.0911. The van der Waals surface area contributed by atoms with Crippen molar-refractivity contribution < 1.29 is 28.9 Å². The van der Waals surface area contributed by atoms with Crippen LogP contribution in [0.1, 0.15) is 26.4 Å². The molecule has 0 saturated carbocycles. The van der Waals surface area contributed by atoms with Crippen LogP contribution in [0, 0.1) is 11.6 Å². The third kappa shape index (κ3) is 3.97. The van der Waals surface area contributed by atoms with Crippen molar-refractivity contribution in [2.75, 3.05) is 6.61 Å². The summed E-state index contributed by atoms with van der Waals surface area (Å²) in [7, 11) is 0. The number of benzene rings is 1. The molecule has 27 heavy (non-hydrogen) atoms. The van der Waals surface area contributed by atoms with Gasteiger partial charge >= 0.3 is 0 Å². The molecule has 3 rings (SSSR count). The molecule has 0 fully saturated rings. The van der Waals surface area contributed by atoms with Gasteiger partial charge in [-0.25, -0.2) is 13.8 Å².